The van der Waals surface area contributed by atoms with Gasteiger partial charge >= 0.3 is 0 Å². The summed E-state index contributed by atoms with van der Waals surface area (Å²) in [6.45, 7) is 0. The van der Waals surface area contributed by atoms with Crippen LogP contribution in [-0.2, 0) is 10.1 Å². The lowest BCUT2D eigenvalue weighted by molar-refractivity contribution is 0.477. The predicted octanol–water partition coefficient (Wildman–Crippen LogP) is 0.744. The van der Waals surface area contributed by atoms with Crippen molar-refractivity contribution in [1.29, 1.82) is 0 Å². The second-order valence-corrected chi connectivity index (χ2v) is 7.73. The molecule has 3 aromatic rings. The molecule has 3 rings (SSSR count). The van der Waals surface area contributed by atoms with Gasteiger partial charge in [-0.15, -0.1) is 0 Å². The minimum atomic E-state index is -4.34. The molecule has 12 heteroatoms. The molecule has 0 radical (unpaired) electrons. The summed E-state index contributed by atoms with van der Waals surface area (Å²) in [6, 6.07) is 11.4. The van der Waals surface area contributed by atoms with Gasteiger partial charge in [0.1, 0.15) is 11.1 Å². The molecule has 0 spiro atoms. The minimum Gasteiger partial charge on any atom is -0.506 e. The molecule has 0 unspecified atom stereocenters. The van der Waals surface area contributed by atoms with Crippen molar-refractivity contribution >= 4 is 33.1 Å². The Labute approximate surface area is 173 Å². The molecular weight excluding hydrogens is 436 g/mol. The molecule has 0 aliphatic carbocycles. The van der Waals surface area contributed by atoms with E-state index < -0.39 is 26.3 Å². The third kappa shape index (κ3) is 4.89. The first-order chi connectivity index (χ1) is 14.1. The largest absolute Gasteiger partial charge is 0.506 e. The van der Waals surface area contributed by atoms with E-state index in [9.17, 15) is 23.1 Å². The summed E-state index contributed by atoms with van der Waals surface area (Å²) in [7, 11) is -4.34. The van der Waals surface area contributed by atoms with Gasteiger partial charge in [-0.25, -0.2) is 0 Å². The molecule has 10 nitrogen and oxygen atoms in total. The highest BCUT2D eigenvalue weighted by molar-refractivity contribution is 7.85. The number of hydrogen-bond donors (Lipinski definition) is 4. The Kier molecular flexibility index (Phi) is 5.96. The van der Waals surface area contributed by atoms with E-state index in [1.165, 1.54) is 36.4 Å². The highest BCUT2D eigenvalue weighted by Gasteiger charge is 2.08. The van der Waals surface area contributed by atoms with Crippen LogP contribution in [0.2, 0.25) is 5.02 Å². The molecule has 0 heterocycles. The van der Waals surface area contributed by atoms with Gasteiger partial charge in [0.25, 0.3) is 10.1 Å². The van der Waals surface area contributed by atoms with Crippen LogP contribution in [0.4, 0.5) is 11.4 Å². The Morgan fingerprint density at radius 1 is 0.900 bits per heavy atom. The van der Waals surface area contributed by atoms with Crippen molar-refractivity contribution in [2.24, 2.45) is 10.2 Å². The Hall–Kier alpha value is -3.54. The molecule has 0 aliphatic rings. The number of aromatic hydroxyl groups is 1. The van der Waals surface area contributed by atoms with Gasteiger partial charge in [0.15, 0.2) is 5.36 Å². The number of anilines is 2. The number of phenolic OH excluding ortho intramolecular Hbond substituents is 1. The van der Waals surface area contributed by atoms with Crippen LogP contribution in [0.3, 0.4) is 0 Å². The van der Waals surface area contributed by atoms with E-state index in [1.54, 1.807) is 0 Å². The Balaban J connectivity index is 1.92. The zero-order valence-corrected chi connectivity index (χ0v) is 16.5. The van der Waals surface area contributed by atoms with Crippen molar-refractivity contribution in [3.05, 3.63) is 90.8 Å². The molecular formula is C18H13ClN4O6S. The molecule has 154 valence electrons. The van der Waals surface area contributed by atoms with Crippen molar-refractivity contribution in [3.8, 4) is 5.75 Å². The van der Waals surface area contributed by atoms with Crippen LogP contribution in [0.5, 0.6) is 5.75 Å². The number of halogens is 1. The Bertz CT molecular complexity index is 1430. The maximum absolute atomic E-state index is 12.5. The summed E-state index contributed by atoms with van der Waals surface area (Å²) < 4.78 is 31.0. The third-order valence-corrected chi connectivity index (χ3v) is 4.88. The van der Waals surface area contributed by atoms with Gasteiger partial charge in [0.05, 0.1) is 16.3 Å². The Morgan fingerprint density at radius 2 is 1.60 bits per heavy atom. The zero-order chi connectivity index (χ0) is 21.9. The first kappa shape index (κ1) is 21.2. The van der Waals surface area contributed by atoms with Gasteiger partial charge in [-0.05, 0) is 48.5 Å². The van der Waals surface area contributed by atoms with Gasteiger partial charge in [-0.1, -0.05) is 11.6 Å². The highest BCUT2D eigenvalue weighted by Crippen LogP contribution is 2.26. The lowest BCUT2D eigenvalue weighted by atomic mass is 10.3. The molecule has 0 bridgehead atoms. The van der Waals surface area contributed by atoms with Crippen LogP contribution in [0.1, 0.15) is 0 Å². The van der Waals surface area contributed by atoms with Crippen molar-refractivity contribution in [1.82, 2.24) is 0 Å². The first-order valence-corrected chi connectivity index (χ1v) is 9.97. The van der Waals surface area contributed by atoms with E-state index in [2.05, 4.69) is 21.1 Å². The van der Waals surface area contributed by atoms with Gasteiger partial charge in [-0.2, -0.15) is 18.6 Å². The summed E-state index contributed by atoms with van der Waals surface area (Å²) in [5.74, 6) is -0.181. The summed E-state index contributed by atoms with van der Waals surface area (Å²) in [6.07, 6.45) is 0. The average molecular weight is 449 g/mol. The van der Waals surface area contributed by atoms with Crippen molar-refractivity contribution < 1.29 is 18.1 Å². The van der Waals surface area contributed by atoms with Crippen LogP contribution in [0.25, 0.3) is 0 Å². The standard InChI is InChI=1S/C18H13ClN4O6S/c19-10-1-6-13(16(25)9-10)21-22-14-7-8-15(24)17(18(14)26)23-20-11-2-4-12(5-3-11)30(27,28)29/h1-9,20-21,25H,(H,27,28,29)/b22-14+,23-17-. The maximum Gasteiger partial charge on any atom is 0.294 e. The number of phenols is 1. The van der Waals surface area contributed by atoms with E-state index >= 15 is 0 Å². The predicted molar refractivity (Wildman–Crippen MR) is 109 cm³/mol. The lowest BCUT2D eigenvalue weighted by Crippen LogP contribution is -2.47. The Morgan fingerprint density at radius 3 is 2.23 bits per heavy atom. The van der Waals surface area contributed by atoms with Crippen LogP contribution >= 0.6 is 11.6 Å². The van der Waals surface area contributed by atoms with Crippen LogP contribution in [0.15, 0.2) is 79.3 Å². The number of nitrogens with zero attached hydrogens (tertiary/aromatic N) is 2. The van der Waals surface area contributed by atoms with Gasteiger partial charge in [-0.3, -0.25) is 25.0 Å². The molecule has 4 N–H and O–H groups in total. The maximum atomic E-state index is 12.5. The average Bonchev–Trinajstić information content (AvgIpc) is 2.68. The molecule has 3 aromatic carbocycles. The van der Waals surface area contributed by atoms with Crippen LogP contribution in [-0.4, -0.2) is 18.1 Å². The van der Waals surface area contributed by atoms with Crippen molar-refractivity contribution in [3.63, 3.8) is 0 Å². The molecule has 0 saturated carbocycles. The van der Waals surface area contributed by atoms with E-state index in [-0.39, 0.29) is 27.4 Å². The second kappa shape index (κ2) is 8.45. The second-order valence-electron chi connectivity index (χ2n) is 5.87. The number of benzene rings is 3. The highest BCUT2D eigenvalue weighted by atomic mass is 35.5. The fourth-order valence-corrected chi connectivity index (χ4v) is 2.92. The number of hydrogen-bond acceptors (Lipinski definition) is 9. The summed E-state index contributed by atoms with van der Waals surface area (Å²) >= 11 is 5.75. The monoisotopic (exact) mass is 448 g/mol. The molecule has 0 fully saturated rings. The summed E-state index contributed by atoms with van der Waals surface area (Å²) in [5.41, 5.74) is 4.02. The lowest BCUT2D eigenvalue weighted by Gasteiger charge is -2.03. The quantitative estimate of drug-likeness (QED) is 0.253. The van der Waals surface area contributed by atoms with E-state index in [0.717, 1.165) is 18.2 Å². The van der Waals surface area contributed by atoms with Crippen molar-refractivity contribution in [2.45, 2.75) is 4.90 Å². The number of nitrogens with one attached hydrogen (secondary N) is 2. The molecule has 0 amide bonds. The van der Waals surface area contributed by atoms with E-state index in [1.807, 2.05) is 0 Å². The molecule has 0 aliphatic heterocycles. The molecule has 30 heavy (non-hydrogen) atoms. The van der Waals surface area contributed by atoms with E-state index in [4.69, 9.17) is 16.2 Å². The fraction of sp³-hybridized carbons (Fsp3) is 0. The molecule has 0 saturated heterocycles. The molecule has 0 aromatic heterocycles. The molecule has 0 atom stereocenters. The first-order valence-electron chi connectivity index (χ1n) is 8.16. The summed E-state index contributed by atoms with van der Waals surface area (Å²) in [5, 5.41) is 17.2. The minimum absolute atomic E-state index is 0.133. The number of rotatable bonds is 5. The van der Waals surface area contributed by atoms with E-state index in [0.29, 0.717) is 5.02 Å². The normalized spacial score (nSPS) is 12.7. The summed E-state index contributed by atoms with van der Waals surface area (Å²) in [4.78, 5) is 24.2. The SMILES string of the molecule is O=c1cc/c(=N\Nc2ccc(Cl)cc2O)c(=O)/c1=N\Nc1ccc(S(=O)(=O)O)cc1. The van der Waals surface area contributed by atoms with Gasteiger partial charge in [0.2, 0.25) is 10.9 Å². The topological polar surface area (TPSA) is 158 Å². The fourth-order valence-electron chi connectivity index (χ4n) is 2.28. The van der Waals surface area contributed by atoms with Gasteiger partial charge < -0.3 is 5.11 Å². The van der Waals surface area contributed by atoms with Crippen LogP contribution in [0, 0.1) is 0 Å². The van der Waals surface area contributed by atoms with Crippen molar-refractivity contribution in [2.75, 3.05) is 10.9 Å². The van der Waals surface area contributed by atoms with Gasteiger partial charge in [0, 0.05) is 11.1 Å². The third-order valence-electron chi connectivity index (χ3n) is 3.78. The zero-order valence-electron chi connectivity index (χ0n) is 14.9. The van der Waals surface area contributed by atoms with Crippen LogP contribution < -0.4 is 32.4 Å². The smallest absolute Gasteiger partial charge is 0.294 e.